The van der Waals surface area contributed by atoms with Crippen molar-refractivity contribution in [1.29, 1.82) is 0 Å². The van der Waals surface area contributed by atoms with E-state index >= 15 is 0 Å². The van der Waals surface area contributed by atoms with Gasteiger partial charge >= 0.3 is 0 Å². The van der Waals surface area contributed by atoms with Crippen molar-refractivity contribution >= 4 is 10.0 Å². The van der Waals surface area contributed by atoms with Crippen LogP contribution in [-0.4, -0.2) is 48.8 Å². The molecule has 2 N–H and O–H groups in total. The van der Waals surface area contributed by atoms with Crippen molar-refractivity contribution in [3.05, 3.63) is 18.2 Å². The van der Waals surface area contributed by atoms with Crippen LogP contribution in [0.15, 0.2) is 23.1 Å². The lowest BCUT2D eigenvalue weighted by Crippen LogP contribution is -3.05. The summed E-state index contributed by atoms with van der Waals surface area (Å²) in [5, 5.41) is 0. The third kappa shape index (κ3) is 4.59. The van der Waals surface area contributed by atoms with Gasteiger partial charge in [0.25, 0.3) is 0 Å². The molecule has 1 aliphatic heterocycles. The molecule has 0 amide bonds. The molecule has 7 heteroatoms. The van der Waals surface area contributed by atoms with E-state index in [9.17, 15) is 8.42 Å². The molecule has 1 heterocycles. The van der Waals surface area contributed by atoms with Crippen LogP contribution in [0.25, 0.3) is 0 Å². The zero-order valence-corrected chi connectivity index (χ0v) is 13.3. The van der Waals surface area contributed by atoms with E-state index in [1.54, 1.807) is 12.1 Å². The van der Waals surface area contributed by atoms with Crippen molar-refractivity contribution in [2.45, 2.75) is 17.7 Å². The topological polar surface area (TPSA) is 69.1 Å². The molecular weight excluding hydrogens is 292 g/mol. The first kappa shape index (κ1) is 16.1. The fraction of sp³-hybridized carbons (Fsp3) is 0.571. The van der Waals surface area contributed by atoms with Crippen LogP contribution in [0, 0.1) is 0 Å². The predicted molar refractivity (Wildman–Crippen MR) is 79.5 cm³/mol. The number of hydrogen-bond donors (Lipinski definition) is 2. The largest absolute Gasteiger partial charge is 0.490 e. The van der Waals surface area contributed by atoms with Gasteiger partial charge in [-0.25, -0.2) is 13.1 Å². The Labute approximate surface area is 126 Å². The highest BCUT2D eigenvalue weighted by Crippen LogP contribution is 2.31. The second-order valence-corrected chi connectivity index (χ2v) is 7.13. The first-order chi connectivity index (χ1) is 9.99. The Bertz CT molecular complexity index is 572. The molecule has 0 bridgehead atoms. The molecule has 0 fully saturated rings. The Morgan fingerprint density at radius 3 is 2.62 bits per heavy atom. The number of hydrogen-bond acceptors (Lipinski definition) is 4. The van der Waals surface area contributed by atoms with Gasteiger partial charge in [-0.05, 0) is 12.1 Å². The van der Waals surface area contributed by atoms with E-state index in [1.807, 2.05) is 14.1 Å². The third-order valence-electron chi connectivity index (χ3n) is 3.17. The lowest BCUT2D eigenvalue weighted by Gasteiger charge is -2.11. The minimum Gasteiger partial charge on any atom is -0.490 e. The highest BCUT2D eigenvalue weighted by Gasteiger charge is 2.18. The zero-order valence-electron chi connectivity index (χ0n) is 12.5. The SMILES string of the molecule is C[NH+](C)CCCNS(=O)(=O)c1ccc2c(c1)OCCCO2. The van der Waals surface area contributed by atoms with Crippen LogP contribution in [0.2, 0.25) is 0 Å². The highest BCUT2D eigenvalue weighted by molar-refractivity contribution is 7.89. The molecule has 21 heavy (non-hydrogen) atoms. The Morgan fingerprint density at radius 2 is 1.90 bits per heavy atom. The molecule has 0 saturated carbocycles. The van der Waals surface area contributed by atoms with Gasteiger partial charge in [-0.2, -0.15) is 0 Å². The molecule has 1 aromatic carbocycles. The summed E-state index contributed by atoms with van der Waals surface area (Å²) in [5.41, 5.74) is 0. The smallest absolute Gasteiger partial charge is 0.240 e. The average molecular weight is 315 g/mol. The monoisotopic (exact) mass is 315 g/mol. The number of quaternary nitrogens is 1. The fourth-order valence-corrected chi connectivity index (χ4v) is 3.13. The fourth-order valence-electron chi connectivity index (χ4n) is 2.04. The molecule has 0 spiro atoms. The van der Waals surface area contributed by atoms with Crippen LogP contribution in [0.3, 0.4) is 0 Å². The van der Waals surface area contributed by atoms with Gasteiger partial charge in [-0.1, -0.05) is 0 Å². The summed E-state index contributed by atoms with van der Waals surface area (Å²) >= 11 is 0. The quantitative estimate of drug-likeness (QED) is 0.705. The molecular formula is C14H23N2O4S+. The van der Waals surface area contributed by atoms with E-state index < -0.39 is 10.0 Å². The van der Waals surface area contributed by atoms with Gasteiger partial charge in [-0.3, -0.25) is 0 Å². The Morgan fingerprint density at radius 1 is 1.19 bits per heavy atom. The lowest BCUT2D eigenvalue weighted by atomic mass is 10.3. The molecule has 0 aromatic heterocycles. The first-order valence-corrected chi connectivity index (χ1v) is 8.66. The minimum absolute atomic E-state index is 0.212. The molecule has 1 aliphatic rings. The maximum atomic E-state index is 12.2. The van der Waals surface area contributed by atoms with Crippen molar-refractivity contribution < 1.29 is 22.8 Å². The van der Waals surface area contributed by atoms with Crippen molar-refractivity contribution in [1.82, 2.24) is 4.72 Å². The average Bonchev–Trinajstić information content (AvgIpc) is 2.67. The Hall–Kier alpha value is -1.31. The van der Waals surface area contributed by atoms with Crippen LogP contribution in [0.4, 0.5) is 0 Å². The Kier molecular flexibility index (Phi) is 5.44. The number of rotatable bonds is 6. The second kappa shape index (κ2) is 7.11. The molecule has 0 saturated heterocycles. The molecule has 0 radical (unpaired) electrons. The molecule has 118 valence electrons. The summed E-state index contributed by atoms with van der Waals surface area (Å²) in [4.78, 5) is 1.51. The van der Waals surface area contributed by atoms with E-state index in [4.69, 9.17) is 9.47 Å². The van der Waals surface area contributed by atoms with Crippen LogP contribution in [0.1, 0.15) is 12.8 Å². The van der Waals surface area contributed by atoms with Crippen molar-refractivity contribution in [3.8, 4) is 11.5 Å². The van der Waals surface area contributed by atoms with E-state index in [1.165, 1.54) is 11.0 Å². The van der Waals surface area contributed by atoms with Gasteiger partial charge in [0.2, 0.25) is 10.0 Å². The number of ether oxygens (including phenoxy) is 2. The summed E-state index contributed by atoms with van der Waals surface area (Å²) in [6.45, 7) is 2.48. The molecule has 2 rings (SSSR count). The zero-order chi connectivity index (χ0) is 15.3. The van der Waals surface area contributed by atoms with Crippen LogP contribution < -0.4 is 19.1 Å². The lowest BCUT2D eigenvalue weighted by molar-refractivity contribution is -0.858. The van der Waals surface area contributed by atoms with Gasteiger partial charge in [-0.15, -0.1) is 0 Å². The summed E-state index contributed by atoms with van der Waals surface area (Å²) in [6.07, 6.45) is 1.59. The van der Waals surface area contributed by atoms with Gasteiger partial charge < -0.3 is 14.4 Å². The molecule has 0 aliphatic carbocycles. The molecule has 6 nitrogen and oxygen atoms in total. The third-order valence-corrected chi connectivity index (χ3v) is 4.63. The number of nitrogens with one attached hydrogen (secondary N) is 2. The minimum atomic E-state index is -3.50. The highest BCUT2D eigenvalue weighted by atomic mass is 32.2. The van der Waals surface area contributed by atoms with Gasteiger partial charge in [0.05, 0.1) is 38.7 Å². The maximum Gasteiger partial charge on any atom is 0.240 e. The van der Waals surface area contributed by atoms with E-state index in [2.05, 4.69) is 4.72 Å². The molecule has 1 aromatic rings. The number of sulfonamides is 1. The standard InChI is InChI=1S/C14H22N2O4S/c1-16(2)8-3-7-15-21(17,18)12-5-6-13-14(11-12)20-10-4-9-19-13/h5-6,11,15H,3-4,7-10H2,1-2H3/p+1. The van der Waals surface area contributed by atoms with E-state index in [-0.39, 0.29) is 4.90 Å². The first-order valence-electron chi connectivity index (χ1n) is 7.17. The van der Waals surface area contributed by atoms with Gasteiger partial charge in [0.1, 0.15) is 0 Å². The van der Waals surface area contributed by atoms with E-state index in [0.29, 0.717) is 31.3 Å². The van der Waals surface area contributed by atoms with Crippen molar-refractivity contribution in [2.24, 2.45) is 0 Å². The number of fused-ring (bicyclic) bond motifs is 1. The van der Waals surface area contributed by atoms with Gasteiger partial charge in [0, 0.05) is 25.5 Å². The van der Waals surface area contributed by atoms with Crippen LogP contribution in [-0.2, 0) is 10.0 Å². The Balaban J connectivity index is 2.04. The molecule has 0 atom stereocenters. The second-order valence-electron chi connectivity index (χ2n) is 5.37. The van der Waals surface area contributed by atoms with Crippen LogP contribution >= 0.6 is 0 Å². The summed E-state index contributed by atoms with van der Waals surface area (Å²) in [6, 6.07) is 4.73. The number of benzene rings is 1. The maximum absolute atomic E-state index is 12.2. The van der Waals surface area contributed by atoms with Crippen molar-refractivity contribution in [2.75, 3.05) is 40.4 Å². The summed E-state index contributed by atoms with van der Waals surface area (Å²) in [5.74, 6) is 1.09. The predicted octanol–water partition coefficient (Wildman–Crippen LogP) is -0.339. The normalized spacial score (nSPS) is 15.0. The summed E-state index contributed by atoms with van der Waals surface area (Å²) < 4.78 is 38.1. The molecule has 0 unspecified atom stereocenters. The van der Waals surface area contributed by atoms with E-state index in [0.717, 1.165) is 19.4 Å². The van der Waals surface area contributed by atoms with Crippen LogP contribution in [0.5, 0.6) is 11.5 Å². The van der Waals surface area contributed by atoms with Gasteiger partial charge in [0.15, 0.2) is 11.5 Å². The summed E-state index contributed by atoms with van der Waals surface area (Å²) in [7, 11) is 0.582. The van der Waals surface area contributed by atoms with Crippen molar-refractivity contribution in [3.63, 3.8) is 0 Å².